The number of benzene rings is 4. The fourth-order valence-corrected chi connectivity index (χ4v) is 6.02. The van der Waals surface area contributed by atoms with E-state index in [1.54, 1.807) is 24.7 Å². The second-order valence-corrected chi connectivity index (χ2v) is 13.8. The second kappa shape index (κ2) is 15.3. The first-order valence-corrected chi connectivity index (χ1v) is 16.8. The number of nitro groups is 1. The number of rotatable bonds is 13. The van der Waals surface area contributed by atoms with Crippen LogP contribution in [0.1, 0.15) is 73.8 Å². The first kappa shape index (κ1) is 35.0. The lowest BCUT2D eigenvalue weighted by molar-refractivity contribution is -0.384. The van der Waals surface area contributed by atoms with E-state index >= 15 is 0 Å². The van der Waals surface area contributed by atoms with Crippen LogP contribution in [-0.4, -0.2) is 43.8 Å². The van der Waals surface area contributed by atoms with Crippen molar-refractivity contribution in [2.24, 2.45) is 5.92 Å². The van der Waals surface area contributed by atoms with E-state index in [0.717, 1.165) is 39.6 Å². The van der Waals surface area contributed by atoms with Crippen LogP contribution in [0, 0.1) is 16.0 Å². The summed E-state index contributed by atoms with van der Waals surface area (Å²) in [5.74, 6) is -0.153. The molecule has 2 atom stereocenters. The Balaban J connectivity index is 1.37. The molecule has 0 aliphatic carbocycles. The zero-order valence-corrected chi connectivity index (χ0v) is 28.9. The van der Waals surface area contributed by atoms with Crippen molar-refractivity contribution >= 4 is 28.3 Å². The highest BCUT2D eigenvalue weighted by Gasteiger charge is 2.27. The Hall–Kier alpha value is -5.31. The second-order valence-electron chi connectivity index (χ2n) is 13.8. The molecule has 1 aromatic heterocycles. The average molecular weight is 660 g/mol. The summed E-state index contributed by atoms with van der Waals surface area (Å²) in [5, 5.41) is 16.5. The average Bonchev–Trinajstić information content (AvgIpc) is 3.52. The van der Waals surface area contributed by atoms with Crippen LogP contribution in [0.2, 0.25) is 0 Å². The molecule has 1 heterocycles. The molecular weight excluding hydrogens is 614 g/mol. The summed E-state index contributed by atoms with van der Waals surface area (Å²) >= 11 is 0. The normalized spacial score (nSPS) is 12.8. The van der Waals surface area contributed by atoms with Crippen LogP contribution in [0.25, 0.3) is 10.8 Å². The molecule has 5 rings (SSSR count). The Kier molecular flexibility index (Phi) is 10.9. The highest BCUT2D eigenvalue weighted by Crippen LogP contribution is 2.25. The maximum Gasteiger partial charge on any atom is 0.269 e. The van der Waals surface area contributed by atoms with E-state index in [-0.39, 0.29) is 41.3 Å². The summed E-state index contributed by atoms with van der Waals surface area (Å²) in [6.07, 6.45) is 4.25. The maximum atomic E-state index is 14.3. The van der Waals surface area contributed by atoms with Crippen molar-refractivity contribution in [1.82, 2.24) is 19.8 Å². The molecule has 0 saturated heterocycles. The van der Waals surface area contributed by atoms with E-state index in [1.165, 1.54) is 12.1 Å². The Morgan fingerprint density at radius 2 is 1.65 bits per heavy atom. The van der Waals surface area contributed by atoms with Crippen molar-refractivity contribution in [2.45, 2.75) is 72.0 Å². The number of imidazole rings is 1. The molecule has 9 heteroatoms. The van der Waals surface area contributed by atoms with Gasteiger partial charge in [0.2, 0.25) is 5.91 Å². The highest BCUT2D eigenvalue weighted by atomic mass is 16.6. The smallest absolute Gasteiger partial charge is 0.269 e. The van der Waals surface area contributed by atoms with Crippen molar-refractivity contribution in [3.05, 3.63) is 142 Å². The zero-order valence-electron chi connectivity index (χ0n) is 28.9. The van der Waals surface area contributed by atoms with Gasteiger partial charge in [-0.25, -0.2) is 4.98 Å². The summed E-state index contributed by atoms with van der Waals surface area (Å²) in [5.41, 5.74) is 4.39. The first-order valence-electron chi connectivity index (χ1n) is 16.8. The first-order chi connectivity index (χ1) is 23.4. The lowest BCUT2D eigenvalue weighted by Gasteiger charge is -2.32. The SMILES string of the molecule is CC[C@H](C)[C@@H](CN(Cc1cccc2ccccc12)C(=O)c1ccc(C(C)(C)C)cc1)NC(=O)Cc1cncn1Cc1ccc([N+](=O)[O-])cc1. The molecule has 0 bridgehead atoms. The fraction of sp³-hybridized carbons (Fsp3) is 0.325. The number of nitrogens with one attached hydrogen (secondary N) is 1. The van der Waals surface area contributed by atoms with E-state index in [9.17, 15) is 19.7 Å². The van der Waals surface area contributed by atoms with Gasteiger partial charge in [0.15, 0.2) is 0 Å². The molecule has 254 valence electrons. The van der Waals surface area contributed by atoms with Crippen molar-refractivity contribution in [3.63, 3.8) is 0 Å². The molecule has 0 radical (unpaired) electrons. The van der Waals surface area contributed by atoms with E-state index in [1.807, 2.05) is 51.9 Å². The minimum Gasteiger partial charge on any atom is -0.351 e. The van der Waals surface area contributed by atoms with Gasteiger partial charge in [0.05, 0.1) is 17.7 Å². The molecule has 49 heavy (non-hydrogen) atoms. The number of carbonyl (C=O) groups excluding carboxylic acids is 2. The van der Waals surface area contributed by atoms with Crippen LogP contribution in [0.5, 0.6) is 0 Å². The monoisotopic (exact) mass is 659 g/mol. The van der Waals surface area contributed by atoms with Gasteiger partial charge in [-0.1, -0.05) is 108 Å². The Morgan fingerprint density at radius 3 is 2.33 bits per heavy atom. The Morgan fingerprint density at radius 1 is 0.959 bits per heavy atom. The predicted molar refractivity (Wildman–Crippen MR) is 193 cm³/mol. The third kappa shape index (κ3) is 8.79. The molecule has 5 aromatic rings. The van der Waals surface area contributed by atoms with E-state index in [2.05, 4.69) is 69.2 Å². The molecule has 4 aromatic carbocycles. The predicted octanol–water partition coefficient (Wildman–Crippen LogP) is 7.71. The number of nitro benzene ring substituents is 1. The van der Waals surface area contributed by atoms with Crippen molar-refractivity contribution in [1.29, 1.82) is 0 Å². The molecule has 0 saturated carbocycles. The standard InChI is InChI=1S/C40H45N5O4/c1-6-28(2)37(42-38(46)22-35-23-41-27-44(35)24-29-14-20-34(21-15-29)45(48)49)26-43(25-32-12-9-11-30-10-7-8-13-36(30)32)39(47)31-16-18-33(19-17-31)40(3,4)5/h7-21,23,27-28,37H,6,22,24-26H2,1-5H3,(H,42,46)/t28-,37+/m0/s1. The number of nitrogens with zero attached hydrogens (tertiary/aromatic N) is 4. The van der Waals surface area contributed by atoms with Crippen LogP contribution in [0.3, 0.4) is 0 Å². The van der Waals surface area contributed by atoms with E-state index in [0.29, 0.717) is 25.2 Å². The summed E-state index contributed by atoms with van der Waals surface area (Å²) < 4.78 is 1.87. The molecule has 0 aliphatic heterocycles. The molecule has 2 amide bonds. The number of aromatic nitrogens is 2. The highest BCUT2D eigenvalue weighted by molar-refractivity contribution is 5.95. The zero-order chi connectivity index (χ0) is 35.1. The van der Waals surface area contributed by atoms with Gasteiger partial charge in [-0.15, -0.1) is 0 Å². The minimum atomic E-state index is -0.427. The van der Waals surface area contributed by atoms with Gasteiger partial charge in [-0.3, -0.25) is 19.7 Å². The van der Waals surface area contributed by atoms with Crippen LogP contribution >= 0.6 is 0 Å². The number of amides is 2. The van der Waals surface area contributed by atoms with Gasteiger partial charge in [-0.2, -0.15) is 0 Å². The molecule has 0 aliphatic rings. The molecule has 0 unspecified atom stereocenters. The third-order valence-electron chi connectivity index (χ3n) is 9.26. The van der Waals surface area contributed by atoms with Gasteiger partial charge in [-0.05, 0) is 50.9 Å². The number of non-ortho nitro benzene ring substituents is 1. The van der Waals surface area contributed by atoms with Gasteiger partial charge < -0.3 is 14.8 Å². The lowest BCUT2D eigenvalue weighted by atomic mass is 9.86. The number of fused-ring (bicyclic) bond motifs is 1. The van der Waals surface area contributed by atoms with E-state index in [4.69, 9.17) is 0 Å². The van der Waals surface area contributed by atoms with Crippen molar-refractivity contribution in [2.75, 3.05) is 6.54 Å². The maximum absolute atomic E-state index is 14.3. The molecule has 9 nitrogen and oxygen atoms in total. The topological polar surface area (TPSA) is 110 Å². The van der Waals surface area contributed by atoms with Gasteiger partial charge in [0.25, 0.3) is 11.6 Å². The Labute approximate surface area is 288 Å². The van der Waals surface area contributed by atoms with Gasteiger partial charge in [0.1, 0.15) is 0 Å². The molecule has 0 spiro atoms. The van der Waals surface area contributed by atoms with Gasteiger partial charge in [0, 0.05) is 55.3 Å². The van der Waals surface area contributed by atoms with Gasteiger partial charge >= 0.3 is 0 Å². The molecule has 1 N–H and O–H groups in total. The molecule has 0 fully saturated rings. The summed E-state index contributed by atoms with van der Waals surface area (Å²) in [6.45, 7) is 11.8. The van der Waals surface area contributed by atoms with Crippen LogP contribution in [0.15, 0.2) is 104 Å². The minimum absolute atomic E-state index is 0.0277. The largest absolute Gasteiger partial charge is 0.351 e. The fourth-order valence-electron chi connectivity index (χ4n) is 6.02. The Bertz CT molecular complexity index is 1900. The number of hydrogen-bond donors (Lipinski definition) is 1. The van der Waals surface area contributed by atoms with E-state index < -0.39 is 4.92 Å². The van der Waals surface area contributed by atoms with Crippen LogP contribution in [-0.2, 0) is 29.7 Å². The van der Waals surface area contributed by atoms with Crippen molar-refractivity contribution in [3.8, 4) is 0 Å². The lowest BCUT2D eigenvalue weighted by Crippen LogP contribution is -2.49. The van der Waals surface area contributed by atoms with Crippen LogP contribution in [0.4, 0.5) is 5.69 Å². The summed E-state index contributed by atoms with van der Waals surface area (Å²) in [6, 6.07) is 28.3. The molecular formula is C40H45N5O4. The number of carbonyl (C=O) groups is 2. The quantitative estimate of drug-likeness (QED) is 0.103. The third-order valence-corrected chi connectivity index (χ3v) is 9.26. The summed E-state index contributed by atoms with van der Waals surface area (Å²) in [7, 11) is 0. The number of hydrogen-bond acceptors (Lipinski definition) is 5. The van der Waals surface area contributed by atoms with Crippen molar-refractivity contribution < 1.29 is 14.5 Å². The van der Waals surface area contributed by atoms with Crippen LogP contribution < -0.4 is 5.32 Å². The summed E-state index contributed by atoms with van der Waals surface area (Å²) in [4.78, 5) is 44.7.